The lowest BCUT2D eigenvalue weighted by atomic mass is 10.1. The number of methoxy groups -OCH3 is 1. The maximum atomic E-state index is 10.9. The molecule has 0 saturated heterocycles. The molecule has 4 heteroatoms. The Labute approximate surface area is 125 Å². The third kappa shape index (κ3) is 5.14. The summed E-state index contributed by atoms with van der Waals surface area (Å²) in [5.41, 5.74) is 1.13. The third-order valence-corrected chi connectivity index (χ3v) is 3.44. The number of rotatable bonds is 8. The molecule has 0 fully saturated rings. The van der Waals surface area contributed by atoms with Gasteiger partial charge in [-0.1, -0.05) is 31.1 Å². The molecule has 114 valence electrons. The first-order chi connectivity index (χ1) is 10.3. The van der Waals surface area contributed by atoms with Crippen LogP contribution in [0.4, 0.5) is 0 Å². The molecule has 1 heterocycles. The molecule has 1 aliphatic heterocycles. The van der Waals surface area contributed by atoms with Crippen molar-refractivity contribution in [3.05, 3.63) is 29.8 Å². The highest BCUT2D eigenvalue weighted by Gasteiger charge is 2.11. The fraction of sp³-hybridized carbons (Fsp3) is 0.471. The molecule has 0 aromatic heterocycles. The summed E-state index contributed by atoms with van der Waals surface area (Å²) >= 11 is 0. The second kappa shape index (κ2) is 8.35. The van der Waals surface area contributed by atoms with Crippen molar-refractivity contribution < 1.29 is 19.0 Å². The Morgan fingerprint density at radius 3 is 2.86 bits per heavy atom. The van der Waals surface area contributed by atoms with Gasteiger partial charge in [-0.25, -0.2) is 0 Å². The zero-order valence-electron chi connectivity index (χ0n) is 12.5. The molecule has 0 N–H and O–H groups in total. The first-order valence-electron chi connectivity index (χ1n) is 7.42. The number of unbranched alkanes of at least 4 members (excludes halogenated alkanes) is 4. The lowest BCUT2D eigenvalue weighted by Gasteiger charge is -2.00. The summed E-state index contributed by atoms with van der Waals surface area (Å²) < 4.78 is 15.2. The molecule has 1 aromatic rings. The average molecular weight is 290 g/mol. The normalized spacial score (nSPS) is 12.8. The average Bonchev–Trinajstić information content (AvgIpc) is 2.97. The smallest absolute Gasteiger partial charge is 0.305 e. The van der Waals surface area contributed by atoms with Gasteiger partial charge in [0.05, 0.1) is 7.11 Å². The second-order valence-corrected chi connectivity index (χ2v) is 5.04. The van der Waals surface area contributed by atoms with Crippen LogP contribution in [0.25, 0.3) is 6.08 Å². The van der Waals surface area contributed by atoms with E-state index in [1.807, 2.05) is 18.2 Å². The minimum Gasteiger partial charge on any atom is -0.469 e. The fourth-order valence-electron chi connectivity index (χ4n) is 2.22. The van der Waals surface area contributed by atoms with Crippen molar-refractivity contribution in [3.8, 4) is 11.5 Å². The number of hydrogen-bond acceptors (Lipinski definition) is 4. The van der Waals surface area contributed by atoms with Gasteiger partial charge < -0.3 is 14.2 Å². The van der Waals surface area contributed by atoms with Gasteiger partial charge >= 0.3 is 5.97 Å². The van der Waals surface area contributed by atoms with E-state index >= 15 is 0 Å². The van der Waals surface area contributed by atoms with Gasteiger partial charge in [0.15, 0.2) is 11.5 Å². The molecule has 4 nitrogen and oxygen atoms in total. The summed E-state index contributed by atoms with van der Waals surface area (Å²) in [7, 11) is 1.43. The second-order valence-electron chi connectivity index (χ2n) is 5.04. The SMILES string of the molecule is COC(=O)CCCCCC/C=C/c1ccc2c(c1)OCO2. The monoisotopic (exact) mass is 290 g/mol. The van der Waals surface area contributed by atoms with Gasteiger partial charge in [0.25, 0.3) is 0 Å². The Kier molecular flexibility index (Phi) is 6.13. The number of allylic oxidation sites excluding steroid dienone is 1. The lowest BCUT2D eigenvalue weighted by Crippen LogP contribution is -1.98. The molecule has 0 bridgehead atoms. The van der Waals surface area contributed by atoms with Gasteiger partial charge in [0, 0.05) is 6.42 Å². The van der Waals surface area contributed by atoms with E-state index in [-0.39, 0.29) is 5.97 Å². The minimum atomic E-state index is -0.113. The van der Waals surface area contributed by atoms with E-state index in [0.717, 1.165) is 49.2 Å². The minimum absolute atomic E-state index is 0.113. The van der Waals surface area contributed by atoms with Crippen LogP contribution in [0.5, 0.6) is 11.5 Å². The van der Waals surface area contributed by atoms with E-state index < -0.39 is 0 Å². The molecule has 0 saturated carbocycles. The Morgan fingerprint density at radius 2 is 2.00 bits per heavy atom. The number of fused-ring (bicyclic) bond motifs is 1. The molecule has 21 heavy (non-hydrogen) atoms. The number of carbonyl (C=O) groups excluding carboxylic acids is 1. The number of esters is 1. The molecule has 0 unspecified atom stereocenters. The van der Waals surface area contributed by atoms with Crippen LogP contribution in [0.3, 0.4) is 0 Å². The van der Waals surface area contributed by atoms with Crippen LogP contribution in [-0.4, -0.2) is 19.9 Å². The third-order valence-electron chi connectivity index (χ3n) is 3.44. The molecule has 0 spiro atoms. The van der Waals surface area contributed by atoms with Crippen molar-refractivity contribution in [2.24, 2.45) is 0 Å². The van der Waals surface area contributed by atoms with Gasteiger partial charge in [0.1, 0.15) is 0 Å². The van der Waals surface area contributed by atoms with E-state index in [4.69, 9.17) is 9.47 Å². The van der Waals surface area contributed by atoms with Crippen molar-refractivity contribution in [1.29, 1.82) is 0 Å². The first-order valence-corrected chi connectivity index (χ1v) is 7.42. The number of carbonyl (C=O) groups is 1. The van der Waals surface area contributed by atoms with Crippen molar-refractivity contribution in [2.45, 2.75) is 38.5 Å². The number of benzene rings is 1. The highest BCUT2D eigenvalue weighted by atomic mass is 16.7. The molecule has 0 aliphatic carbocycles. The van der Waals surface area contributed by atoms with Crippen LogP contribution < -0.4 is 9.47 Å². The van der Waals surface area contributed by atoms with Gasteiger partial charge in [-0.3, -0.25) is 4.79 Å². The van der Waals surface area contributed by atoms with Crippen molar-refractivity contribution in [3.63, 3.8) is 0 Å². The summed E-state index contributed by atoms with van der Waals surface area (Å²) in [6, 6.07) is 5.96. The van der Waals surface area contributed by atoms with Gasteiger partial charge in [-0.15, -0.1) is 0 Å². The highest BCUT2D eigenvalue weighted by Crippen LogP contribution is 2.32. The highest BCUT2D eigenvalue weighted by molar-refractivity contribution is 5.68. The van der Waals surface area contributed by atoms with Crippen molar-refractivity contribution >= 4 is 12.0 Å². The van der Waals surface area contributed by atoms with E-state index in [2.05, 4.69) is 16.9 Å². The summed E-state index contributed by atoms with van der Waals surface area (Å²) in [5, 5.41) is 0. The standard InChI is InChI=1S/C17H22O4/c1-19-17(18)9-7-5-3-2-4-6-8-14-10-11-15-16(12-14)21-13-20-15/h6,8,10-12H,2-5,7,9,13H2,1H3/b8-6+. The summed E-state index contributed by atoms with van der Waals surface area (Å²) in [5.74, 6) is 1.52. The molecule has 0 radical (unpaired) electrons. The predicted molar refractivity (Wildman–Crippen MR) is 81.3 cm³/mol. The molecular formula is C17H22O4. The summed E-state index contributed by atoms with van der Waals surface area (Å²) in [4.78, 5) is 10.9. The summed E-state index contributed by atoms with van der Waals surface area (Å²) in [6.07, 6.45) is 10.1. The van der Waals surface area contributed by atoms with Crippen LogP contribution >= 0.6 is 0 Å². The van der Waals surface area contributed by atoms with E-state index in [1.54, 1.807) is 0 Å². The Hall–Kier alpha value is -1.97. The Bertz CT molecular complexity index is 494. The molecule has 2 rings (SSSR count). The number of ether oxygens (including phenoxy) is 3. The lowest BCUT2D eigenvalue weighted by molar-refractivity contribution is -0.140. The molecular weight excluding hydrogens is 268 g/mol. The van der Waals surface area contributed by atoms with Crippen molar-refractivity contribution in [1.82, 2.24) is 0 Å². The van der Waals surface area contributed by atoms with Gasteiger partial charge in [-0.2, -0.15) is 0 Å². The van der Waals surface area contributed by atoms with Crippen LogP contribution in [0, 0.1) is 0 Å². The largest absolute Gasteiger partial charge is 0.469 e. The molecule has 0 amide bonds. The quantitative estimate of drug-likeness (QED) is 0.537. The van der Waals surface area contributed by atoms with E-state index in [9.17, 15) is 4.79 Å². The van der Waals surface area contributed by atoms with Crippen LogP contribution in [0.2, 0.25) is 0 Å². The van der Waals surface area contributed by atoms with E-state index in [1.165, 1.54) is 7.11 Å². The topological polar surface area (TPSA) is 44.8 Å². The summed E-state index contributed by atoms with van der Waals surface area (Å²) in [6.45, 7) is 0.314. The van der Waals surface area contributed by atoms with E-state index in [0.29, 0.717) is 13.2 Å². The van der Waals surface area contributed by atoms with Gasteiger partial charge in [-0.05, 0) is 37.0 Å². The van der Waals surface area contributed by atoms with Crippen LogP contribution in [-0.2, 0) is 9.53 Å². The predicted octanol–water partition coefficient (Wildman–Crippen LogP) is 3.94. The number of hydrogen-bond donors (Lipinski definition) is 0. The van der Waals surface area contributed by atoms with Crippen molar-refractivity contribution in [2.75, 3.05) is 13.9 Å². The Balaban J connectivity index is 1.59. The molecule has 0 atom stereocenters. The fourth-order valence-corrected chi connectivity index (χ4v) is 2.22. The van der Waals surface area contributed by atoms with Crippen LogP contribution in [0.15, 0.2) is 24.3 Å². The van der Waals surface area contributed by atoms with Crippen LogP contribution in [0.1, 0.15) is 44.1 Å². The first kappa shape index (κ1) is 15.4. The zero-order valence-corrected chi connectivity index (χ0v) is 12.5. The van der Waals surface area contributed by atoms with Gasteiger partial charge in [0.2, 0.25) is 6.79 Å². The zero-order chi connectivity index (χ0) is 14.9. The maximum absolute atomic E-state index is 10.9. The Morgan fingerprint density at radius 1 is 1.19 bits per heavy atom. The molecule has 1 aromatic carbocycles. The maximum Gasteiger partial charge on any atom is 0.305 e. The molecule has 1 aliphatic rings.